The zero-order valence-electron chi connectivity index (χ0n) is 16.3. The Hall–Kier alpha value is -2.10. The number of amides is 1. The van der Waals surface area contributed by atoms with Crippen LogP contribution in [0.15, 0.2) is 45.8 Å². The molecule has 152 valence electrons. The lowest BCUT2D eigenvalue weighted by Crippen LogP contribution is -2.24. The molecule has 0 heterocycles. The van der Waals surface area contributed by atoms with Crippen molar-refractivity contribution in [2.24, 2.45) is 0 Å². The summed E-state index contributed by atoms with van der Waals surface area (Å²) in [6.45, 7) is 4.55. The number of sulfonamides is 1. The van der Waals surface area contributed by atoms with Gasteiger partial charge < -0.3 is 16.0 Å². The van der Waals surface area contributed by atoms with E-state index in [4.69, 9.17) is 0 Å². The van der Waals surface area contributed by atoms with E-state index in [9.17, 15) is 13.2 Å². The number of carbonyl (C=O) groups excluding carboxylic acids is 1. The number of hydrogen-bond donors (Lipinski definition) is 3. The fraction of sp³-hybridized carbons (Fsp3) is 0.316. The van der Waals surface area contributed by atoms with Gasteiger partial charge in [-0.2, -0.15) is 0 Å². The highest BCUT2D eigenvalue weighted by molar-refractivity contribution is 9.10. The second kappa shape index (κ2) is 9.40. The number of halogens is 1. The molecule has 0 saturated carbocycles. The van der Waals surface area contributed by atoms with Crippen LogP contribution >= 0.6 is 15.9 Å². The van der Waals surface area contributed by atoms with Crippen LogP contribution < -0.4 is 16.0 Å². The van der Waals surface area contributed by atoms with Gasteiger partial charge in [0.05, 0.1) is 22.8 Å². The van der Waals surface area contributed by atoms with Gasteiger partial charge >= 0.3 is 0 Å². The first-order chi connectivity index (χ1) is 13.1. The van der Waals surface area contributed by atoms with Crippen LogP contribution in [-0.4, -0.2) is 45.8 Å². The largest absolute Gasteiger partial charge is 0.384 e. The Labute approximate surface area is 174 Å². The highest BCUT2D eigenvalue weighted by Crippen LogP contribution is 2.26. The zero-order valence-corrected chi connectivity index (χ0v) is 18.7. The number of anilines is 3. The number of aryl methyl sites for hydroxylation is 1. The summed E-state index contributed by atoms with van der Waals surface area (Å²) in [5, 5.41) is 9.02. The molecule has 0 aliphatic carbocycles. The minimum atomic E-state index is -3.57. The second-order valence-electron chi connectivity index (χ2n) is 6.39. The monoisotopic (exact) mass is 468 g/mol. The third-order valence-electron chi connectivity index (χ3n) is 4.02. The highest BCUT2D eigenvalue weighted by Gasteiger charge is 2.19. The summed E-state index contributed by atoms with van der Waals surface area (Å²) in [6, 6.07) is 10.3. The standard InChI is InChI=1S/C19H25BrN4O3S/c1-5-21-17-9-7-15(28(26,27)24(3)4)11-18(17)22-12-19(25)23-14-6-8-16(20)13(2)10-14/h6-11,21-22H,5,12H2,1-4H3,(H,23,25). The van der Waals surface area contributed by atoms with Gasteiger partial charge in [0.1, 0.15) is 0 Å². The molecule has 0 aliphatic rings. The maximum Gasteiger partial charge on any atom is 0.243 e. The normalized spacial score (nSPS) is 11.4. The Morgan fingerprint density at radius 3 is 2.39 bits per heavy atom. The third-order valence-corrected chi connectivity index (χ3v) is 6.72. The molecule has 28 heavy (non-hydrogen) atoms. The molecule has 0 atom stereocenters. The van der Waals surface area contributed by atoms with Gasteiger partial charge in [0.25, 0.3) is 0 Å². The van der Waals surface area contributed by atoms with E-state index in [-0.39, 0.29) is 17.3 Å². The fourth-order valence-corrected chi connectivity index (χ4v) is 3.66. The predicted molar refractivity (Wildman–Crippen MR) is 117 cm³/mol. The van der Waals surface area contributed by atoms with Gasteiger partial charge in [0.15, 0.2) is 0 Å². The van der Waals surface area contributed by atoms with Crippen molar-refractivity contribution in [2.45, 2.75) is 18.7 Å². The minimum Gasteiger partial charge on any atom is -0.384 e. The Balaban J connectivity index is 2.16. The summed E-state index contributed by atoms with van der Waals surface area (Å²) >= 11 is 3.43. The van der Waals surface area contributed by atoms with Crippen molar-refractivity contribution in [3.63, 3.8) is 0 Å². The lowest BCUT2D eigenvalue weighted by Gasteiger charge is -2.17. The number of nitrogens with zero attached hydrogens (tertiary/aromatic N) is 1. The molecule has 0 spiro atoms. The van der Waals surface area contributed by atoms with Crippen LogP contribution in [0.4, 0.5) is 17.1 Å². The van der Waals surface area contributed by atoms with E-state index in [1.807, 2.05) is 32.0 Å². The van der Waals surface area contributed by atoms with Crippen molar-refractivity contribution in [2.75, 3.05) is 43.1 Å². The highest BCUT2D eigenvalue weighted by atomic mass is 79.9. The first-order valence-corrected chi connectivity index (χ1v) is 11.0. The lowest BCUT2D eigenvalue weighted by molar-refractivity contribution is -0.114. The van der Waals surface area contributed by atoms with Gasteiger partial charge in [0.2, 0.25) is 15.9 Å². The van der Waals surface area contributed by atoms with Crippen LogP contribution in [0.5, 0.6) is 0 Å². The molecule has 0 aliphatic heterocycles. The molecule has 3 N–H and O–H groups in total. The molecular weight excluding hydrogens is 444 g/mol. The molecular formula is C19H25BrN4O3S. The summed E-state index contributed by atoms with van der Waals surface area (Å²) in [5.74, 6) is -0.231. The van der Waals surface area contributed by atoms with E-state index in [0.717, 1.165) is 20.0 Å². The van der Waals surface area contributed by atoms with Crippen LogP contribution in [0, 0.1) is 6.92 Å². The van der Waals surface area contributed by atoms with Crippen LogP contribution in [0.25, 0.3) is 0 Å². The van der Waals surface area contributed by atoms with Gasteiger partial charge in [-0.25, -0.2) is 12.7 Å². The van der Waals surface area contributed by atoms with E-state index < -0.39 is 10.0 Å². The van der Waals surface area contributed by atoms with E-state index in [2.05, 4.69) is 31.9 Å². The number of rotatable bonds is 8. The maximum absolute atomic E-state index is 12.4. The van der Waals surface area contributed by atoms with Crippen molar-refractivity contribution >= 4 is 48.9 Å². The van der Waals surface area contributed by atoms with Gasteiger partial charge in [-0.3, -0.25) is 4.79 Å². The molecule has 2 rings (SSSR count). The van der Waals surface area contributed by atoms with Gasteiger partial charge in [-0.1, -0.05) is 15.9 Å². The molecule has 0 bridgehead atoms. The van der Waals surface area contributed by atoms with Gasteiger partial charge in [-0.05, 0) is 55.8 Å². The molecule has 1 amide bonds. The Morgan fingerprint density at radius 1 is 1.07 bits per heavy atom. The SMILES string of the molecule is CCNc1ccc(S(=O)(=O)N(C)C)cc1NCC(=O)Nc1ccc(Br)c(C)c1. The van der Waals surface area contributed by atoms with E-state index >= 15 is 0 Å². The van der Waals surface area contributed by atoms with Crippen molar-refractivity contribution in [3.05, 3.63) is 46.4 Å². The molecule has 0 radical (unpaired) electrons. The number of carbonyl (C=O) groups is 1. The third kappa shape index (κ3) is 5.46. The summed E-state index contributed by atoms with van der Waals surface area (Å²) in [7, 11) is -0.606. The fourth-order valence-electron chi connectivity index (χ4n) is 2.49. The Kier molecular flexibility index (Phi) is 7.45. The average molecular weight is 469 g/mol. The topological polar surface area (TPSA) is 90.5 Å². The van der Waals surface area contributed by atoms with E-state index in [1.165, 1.54) is 20.2 Å². The van der Waals surface area contributed by atoms with Crippen LogP contribution in [0.3, 0.4) is 0 Å². The molecule has 0 unspecified atom stereocenters. The molecule has 0 fully saturated rings. The number of benzene rings is 2. The molecule has 9 heteroatoms. The first-order valence-electron chi connectivity index (χ1n) is 8.75. The Bertz CT molecular complexity index is 962. The smallest absolute Gasteiger partial charge is 0.243 e. The summed E-state index contributed by atoms with van der Waals surface area (Å²) < 4.78 is 26.9. The predicted octanol–water partition coefficient (Wildman–Crippen LogP) is 3.49. The van der Waals surface area contributed by atoms with Crippen LogP contribution in [-0.2, 0) is 14.8 Å². The number of hydrogen-bond acceptors (Lipinski definition) is 5. The summed E-state index contributed by atoms with van der Waals surface area (Å²) in [4.78, 5) is 12.5. The molecule has 2 aromatic rings. The van der Waals surface area contributed by atoms with Crippen molar-refractivity contribution < 1.29 is 13.2 Å². The van der Waals surface area contributed by atoms with E-state index in [1.54, 1.807) is 12.1 Å². The quantitative estimate of drug-likeness (QED) is 0.551. The molecule has 7 nitrogen and oxygen atoms in total. The Morgan fingerprint density at radius 2 is 1.79 bits per heavy atom. The summed E-state index contributed by atoms with van der Waals surface area (Å²) in [5.41, 5.74) is 2.99. The van der Waals surface area contributed by atoms with E-state index in [0.29, 0.717) is 17.9 Å². The van der Waals surface area contributed by atoms with Crippen molar-refractivity contribution in [3.8, 4) is 0 Å². The molecule has 0 saturated heterocycles. The lowest BCUT2D eigenvalue weighted by atomic mass is 10.2. The second-order valence-corrected chi connectivity index (χ2v) is 9.40. The minimum absolute atomic E-state index is 0.00102. The van der Waals surface area contributed by atoms with Gasteiger partial charge in [0, 0.05) is 30.8 Å². The maximum atomic E-state index is 12.4. The van der Waals surface area contributed by atoms with Crippen molar-refractivity contribution in [1.82, 2.24) is 4.31 Å². The summed E-state index contributed by atoms with van der Waals surface area (Å²) in [6.07, 6.45) is 0. The zero-order chi connectivity index (χ0) is 20.9. The van der Waals surface area contributed by atoms with Gasteiger partial charge in [-0.15, -0.1) is 0 Å². The molecule has 2 aromatic carbocycles. The van der Waals surface area contributed by atoms with Crippen molar-refractivity contribution in [1.29, 1.82) is 0 Å². The first kappa shape index (κ1) is 22.2. The average Bonchev–Trinajstić information content (AvgIpc) is 2.64. The molecule has 0 aromatic heterocycles. The van der Waals surface area contributed by atoms with Crippen LogP contribution in [0.1, 0.15) is 12.5 Å². The number of nitrogens with one attached hydrogen (secondary N) is 3. The van der Waals surface area contributed by atoms with Crippen LogP contribution in [0.2, 0.25) is 0 Å².